The van der Waals surface area contributed by atoms with Gasteiger partial charge in [0.15, 0.2) is 0 Å². The molecule has 2 fully saturated rings. The van der Waals surface area contributed by atoms with Gasteiger partial charge in [0.2, 0.25) is 5.91 Å². The van der Waals surface area contributed by atoms with Crippen LogP contribution >= 0.6 is 0 Å². The van der Waals surface area contributed by atoms with E-state index in [4.69, 9.17) is 4.74 Å². The van der Waals surface area contributed by atoms with Crippen LogP contribution in [0.15, 0.2) is 54.6 Å². The lowest BCUT2D eigenvalue weighted by Gasteiger charge is -2.41. The fourth-order valence-electron chi connectivity index (χ4n) is 5.22. The predicted molar refractivity (Wildman–Crippen MR) is 125 cm³/mol. The van der Waals surface area contributed by atoms with E-state index in [1.165, 1.54) is 11.6 Å². The van der Waals surface area contributed by atoms with Crippen LogP contribution < -0.4 is 0 Å². The second-order valence-corrected chi connectivity index (χ2v) is 9.20. The molecule has 2 aromatic rings. The number of esters is 1. The minimum Gasteiger partial charge on any atom is -0.466 e. The maximum Gasteiger partial charge on any atom is 0.310 e. The summed E-state index contributed by atoms with van der Waals surface area (Å²) >= 11 is 0. The van der Waals surface area contributed by atoms with Gasteiger partial charge in [-0.15, -0.1) is 0 Å². The zero-order valence-corrected chi connectivity index (χ0v) is 19.3. The van der Waals surface area contributed by atoms with Crippen LogP contribution in [0.2, 0.25) is 0 Å². The smallest absolute Gasteiger partial charge is 0.310 e. The molecule has 176 valence electrons. The molecule has 2 aliphatic rings. The summed E-state index contributed by atoms with van der Waals surface area (Å²) in [5.41, 5.74) is 1.86. The highest BCUT2D eigenvalue weighted by molar-refractivity contribution is 5.81. The Kier molecular flexibility index (Phi) is 7.76. The molecule has 0 aromatic heterocycles. The van der Waals surface area contributed by atoms with Crippen LogP contribution in [-0.4, -0.2) is 54.5 Å². The van der Waals surface area contributed by atoms with Crippen molar-refractivity contribution in [3.8, 4) is 0 Å². The first-order chi connectivity index (χ1) is 16.0. The number of likely N-dealkylation sites (tertiary alicyclic amines) is 2. The lowest BCUT2D eigenvalue weighted by Crippen LogP contribution is -2.50. The zero-order valence-electron chi connectivity index (χ0n) is 19.3. The Morgan fingerprint density at radius 3 is 2.52 bits per heavy atom. The van der Waals surface area contributed by atoms with E-state index < -0.39 is 0 Å². The summed E-state index contributed by atoms with van der Waals surface area (Å²) in [5, 5.41) is 0. The number of rotatable bonds is 6. The third kappa shape index (κ3) is 5.80. The second kappa shape index (κ2) is 10.9. The molecule has 0 spiro atoms. The van der Waals surface area contributed by atoms with Crippen molar-refractivity contribution in [1.29, 1.82) is 0 Å². The van der Waals surface area contributed by atoms with Crippen molar-refractivity contribution >= 4 is 11.9 Å². The van der Waals surface area contributed by atoms with Gasteiger partial charge in [0.25, 0.3) is 0 Å². The molecule has 2 aromatic carbocycles. The largest absolute Gasteiger partial charge is 0.466 e. The molecule has 4 rings (SSSR count). The normalized spacial score (nSPS) is 23.8. The number of nitrogens with zero attached hydrogens (tertiary/aromatic N) is 2. The fourth-order valence-corrected chi connectivity index (χ4v) is 5.22. The van der Waals surface area contributed by atoms with Crippen LogP contribution in [0.4, 0.5) is 4.39 Å². The number of carbonyl (C=O) groups excluding carboxylic acids is 2. The summed E-state index contributed by atoms with van der Waals surface area (Å²) in [5.74, 6) is -0.547. The first kappa shape index (κ1) is 23.4. The predicted octanol–water partition coefficient (Wildman–Crippen LogP) is 4.23. The first-order valence-corrected chi connectivity index (χ1v) is 12.0. The zero-order chi connectivity index (χ0) is 23.2. The van der Waals surface area contributed by atoms with Crippen molar-refractivity contribution in [2.24, 2.45) is 11.8 Å². The highest BCUT2D eigenvalue weighted by atomic mass is 19.1. The molecular formula is C27H33FN2O3. The van der Waals surface area contributed by atoms with Crippen LogP contribution in [0.25, 0.3) is 0 Å². The Balaban J connectivity index is 1.51. The molecular weight excluding hydrogens is 419 g/mol. The SMILES string of the molecule is CCOC(=O)C1CCCN(C(=O)C2CC(c3ccccc3)CN(Cc3ccccc3F)C2)C1. The molecule has 1 amide bonds. The number of halogens is 1. The lowest BCUT2D eigenvalue weighted by molar-refractivity contribution is -0.152. The van der Waals surface area contributed by atoms with Gasteiger partial charge in [0.1, 0.15) is 5.82 Å². The highest BCUT2D eigenvalue weighted by Crippen LogP contribution is 2.33. The maximum absolute atomic E-state index is 14.3. The summed E-state index contributed by atoms with van der Waals surface area (Å²) in [6, 6.07) is 17.1. The summed E-state index contributed by atoms with van der Waals surface area (Å²) in [6.07, 6.45) is 2.33. The van der Waals surface area contributed by atoms with Crippen molar-refractivity contribution in [3.05, 3.63) is 71.5 Å². The third-order valence-corrected chi connectivity index (χ3v) is 6.85. The van der Waals surface area contributed by atoms with Gasteiger partial charge < -0.3 is 9.64 Å². The average Bonchev–Trinajstić information content (AvgIpc) is 2.85. The number of hydrogen-bond donors (Lipinski definition) is 0. The maximum atomic E-state index is 14.3. The molecule has 6 heteroatoms. The molecule has 33 heavy (non-hydrogen) atoms. The van der Waals surface area contributed by atoms with Gasteiger partial charge in [0.05, 0.1) is 18.4 Å². The Morgan fingerprint density at radius 2 is 1.76 bits per heavy atom. The Bertz CT molecular complexity index is 951. The van der Waals surface area contributed by atoms with Gasteiger partial charge in [0, 0.05) is 38.3 Å². The third-order valence-electron chi connectivity index (χ3n) is 6.85. The topological polar surface area (TPSA) is 49.9 Å². The van der Waals surface area contributed by atoms with Gasteiger partial charge in [-0.05, 0) is 43.7 Å². The van der Waals surface area contributed by atoms with Gasteiger partial charge in [-0.25, -0.2) is 4.39 Å². The van der Waals surface area contributed by atoms with Crippen LogP contribution in [-0.2, 0) is 20.9 Å². The minimum atomic E-state index is -0.245. The first-order valence-electron chi connectivity index (χ1n) is 12.0. The van der Waals surface area contributed by atoms with E-state index in [0.29, 0.717) is 38.3 Å². The monoisotopic (exact) mass is 452 g/mol. The summed E-state index contributed by atoms with van der Waals surface area (Å²) in [7, 11) is 0. The standard InChI is InChI=1S/C27H33FN2O3/c1-2-33-27(32)22-12-8-14-30(19-22)26(31)24-15-23(20-9-4-3-5-10-20)17-29(18-24)16-21-11-6-7-13-25(21)28/h3-7,9-11,13,22-24H,2,8,12,14-19H2,1H3. The van der Waals surface area contributed by atoms with E-state index in [2.05, 4.69) is 17.0 Å². The Morgan fingerprint density at radius 1 is 1.00 bits per heavy atom. The number of piperidine rings is 2. The Labute approximate surface area is 195 Å². The van der Waals surface area contributed by atoms with Gasteiger partial charge in [-0.2, -0.15) is 0 Å². The van der Waals surface area contributed by atoms with Crippen molar-refractivity contribution in [2.45, 2.75) is 38.6 Å². The Hall–Kier alpha value is -2.73. The number of carbonyl (C=O) groups is 2. The molecule has 0 N–H and O–H groups in total. The average molecular weight is 453 g/mol. The molecule has 0 radical (unpaired) electrons. The van der Waals surface area contributed by atoms with E-state index >= 15 is 0 Å². The van der Waals surface area contributed by atoms with E-state index in [9.17, 15) is 14.0 Å². The molecule has 2 heterocycles. The van der Waals surface area contributed by atoms with Crippen LogP contribution in [0.3, 0.4) is 0 Å². The summed E-state index contributed by atoms with van der Waals surface area (Å²) in [6.45, 7) is 5.12. The molecule has 0 aliphatic carbocycles. The van der Waals surface area contributed by atoms with Crippen molar-refractivity contribution in [3.63, 3.8) is 0 Å². The van der Waals surface area contributed by atoms with Crippen LogP contribution in [0.5, 0.6) is 0 Å². The molecule has 0 bridgehead atoms. The van der Waals surface area contributed by atoms with E-state index in [1.54, 1.807) is 13.0 Å². The quantitative estimate of drug-likeness (QED) is 0.616. The number of ether oxygens (including phenoxy) is 1. The number of hydrogen-bond acceptors (Lipinski definition) is 4. The summed E-state index contributed by atoms with van der Waals surface area (Å²) < 4.78 is 19.6. The second-order valence-electron chi connectivity index (χ2n) is 9.20. The minimum absolute atomic E-state index is 0.100. The van der Waals surface area contributed by atoms with Crippen molar-refractivity contribution in [1.82, 2.24) is 9.80 Å². The lowest BCUT2D eigenvalue weighted by atomic mass is 9.83. The summed E-state index contributed by atoms with van der Waals surface area (Å²) in [4.78, 5) is 29.9. The van der Waals surface area contributed by atoms with Gasteiger partial charge >= 0.3 is 5.97 Å². The van der Waals surface area contributed by atoms with Gasteiger partial charge in [-0.3, -0.25) is 14.5 Å². The fraction of sp³-hybridized carbons (Fsp3) is 0.481. The van der Waals surface area contributed by atoms with Gasteiger partial charge in [-0.1, -0.05) is 48.5 Å². The molecule has 0 saturated carbocycles. The molecule has 3 unspecified atom stereocenters. The number of benzene rings is 2. The molecule has 2 saturated heterocycles. The molecule has 3 atom stereocenters. The number of amides is 1. The highest BCUT2D eigenvalue weighted by Gasteiger charge is 2.37. The van der Waals surface area contributed by atoms with Crippen molar-refractivity contribution in [2.75, 3.05) is 32.8 Å². The van der Waals surface area contributed by atoms with E-state index in [-0.39, 0.29) is 35.4 Å². The van der Waals surface area contributed by atoms with Crippen LogP contribution in [0.1, 0.15) is 43.2 Å². The van der Waals surface area contributed by atoms with Crippen molar-refractivity contribution < 1.29 is 18.7 Å². The van der Waals surface area contributed by atoms with E-state index in [0.717, 1.165) is 25.8 Å². The molecule has 2 aliphatic heterocycles. The molecule has 5 nitrogen and oxygen atoms in total. The van der Waals surface area contributed by atoms with E-state index in [1.807, 2.05) is 35.2 Å². The van der Waals surface area contributed by atoms with Crippen LogP contribution in [0, 0.1) is 17.7 Å².